The van der Waals surface area contributed by atoms with Crippen molar-refractivity contribution in [3.05, 3.63) is 77.0 Å². The number of carbonyl (C=O) groups is 2. The van der Waals surface area contributed by atoms with Crippen molar-refractivity contribution >= 4 is 23.1 Å². The molecule has 1 N–H and O–H groups in total. The van der Waals surface area contributed by atoms with E-state index in [0.29, 0.717) is 42.1 Å². The van der Waals surface area contributed by atoms with Crippen LogP contribution >= 0.6 is 0 Å². The molecule has 0 bridgehead atoms. The zero-order valence-corrected chi connectivity index (χ0v) is 18.2. The second-order valence-corrected chi connectivity index (χ2v) is 8.18. The van der Waals surface area contributed by atoms with E-state index in [2.05, 4.69) is 4.98 Å². The number of nitrogens with zero attached hydrogens (tertiary/aromatic N) is 4. The quantitative estimate of drug-likeness (QED) is 0.365. The highest BCUT2D eigenvalue weighted by atomic mass is 19.1. The number of hydrogen-bond acceptors (Lipinski definition) is 5. The number of aryl methyl sites for hydroxylation is 1. The first kappa shape index (κ1) is 21.7. The van der Waals surface area contributed by atoms with Crippen LogP contribution in [-0.4, -0.2) is 63.2 Å². The van der Waals surface area contributed by atoms with Crippen molar-refractivity contribution < 1.29 is 19.1 Å². The average Bonchev–Trinajstić information content (AvgIpc) is 3.21. The zero-order valence-electron chi connectivity index (χ0n) is 18.2. The lowest BCUT2D eigenvalue weighted by Gasteiger charge is -2.26. The molecule has 1 aliphatic rings. The van der Waals surface area contributed by atoms with Gasteiger partial charge in [-0.1, -0.05) is 18.2 Å². The van der Waals surface area contributed by atoms with Gasteiger partial charge in [-0.3, -0.25) is 14.0 Å². The molecule has 8 heteroatoms. The Morgan fingerprint density at radius 3 is 2.69 bits per heavy atom. The first-order valence-electron chi connectivity index (χ1n) is 10.4. The third-order valence-electron chi connectivity index (χ3n) is 5.64. The van der Waals surface area contributed by atoms with E-state index in [-0.39, 0.29) is 11.3 Å². The number of benzene rings is 1. The van der Waals surface area contributed by atoms with Crippen LogP contribution in [0.5, 0.6) is 0 Å². The predicted molar refractivity (Wildman–Crippen MR) is 119 cm³/mol. The van der Waals surface area contributed by atoms with Gasteiger partial charge in [0.15, 0.2) is 5.76 Å². The summed E-state index contributed by atoms with van der Waals surface area (Å²) in [7, 11) is 3.84. The van der Waals surface area contributed by atoms with E-state index >= 15 is 0 Å². The number of amides is 1. The number of aromatic nitrogens is 2. The standard InChI is InChI=1S/C24H25FN4O3/c1-15-20(28-12-5-4-10-18(28)26-15)22(30)19-21(16-8-6-9-17(25)14-16)29(24(32)23(19)31)13-7-11-27(2)3/h4-6,8-10,12,14,21,30H,7,11,13H2,1-3H3/t21-/m0/s1. The number of carbonyl (C=O) groups excluding carboxylic acids is 2. The van der Waals surface area contributed by atoms with Crippen LogP contribution < -0.4 is 0 Å². The molecule has 1 saturated heterocycles. The van der Waals surface area contributed by atoms with Crippen LogP contribution in [-0.2, 0) is 9.59 Å². The lowest BCUT2D eigenvalue weighted by Crippen LogP contribution is -2.32. The number of hydrogen-bond donors (Lipinski definition) is 1. The zero-order chi connectivity index (χ0) is 23.0. The second-order valence-electron chi connectivity index (χ2n) is 8.18. The minimum absolute atomic E-state index is 0.0563. The highest BCUT2D eigenvalue weighted by molar-refractivity contribution is 6.46. The van der Waals surface area contributed by atoms with E-state index < -0.39 is 23.5 Å². The van der Waals surface area contributed by atoms with E-state index in [1.807, 2.05) is 25.1 Å². The van der Waals surface area contributed by atoms with Crippen LogP contribution in [0.3, 0.4) is 0 Å². The number of aliphatic hydroxyl groups excluding tert-OH is 1. The van der Waals surface area contributed by atoms with Gasteiger partial charge in [0, 0.05) is 12.7 Å². The highest BCUT2D eigenvalue weighted by Gasteiger charge is 2.46. The Kier molecular flexibility index (Phi) is 5.80. The first-order chi connectivity index (χ1) is 15.3. The van der Waals surface area contributed by atoms with Gasteiger partial charge >= 0.3 is 0 Å². The van der Waals surface area contributed by atoms with Crippen molar-refractivity contribution in [2.75, 3.05) is 27.2 Å². The van der Waals surface area contributed by atoms with Gasteiger partial charge in [-0.25, -0.2) is 9.37 Å². The molecule has 0 saturated carbocycles. The number of halogens is 1. The monoisotopic (exact) mass is 436 g/mol. The van der Waals surface area contributed by atoms with Gasteiger partial charge < -0.3 is 14.9 Å². The maximum Gasteiger partial charge on any atom is 0.295 e. The summed E-state index contributed by atoms with van der Waals surface area (Å²) in [6.45, 7) is 2.74. The molecule has 32 heavy (non-hydrogen) atoms. The number of ketones is 1. The van der Waals surface area contributed by atoms with Gasteiger partial charge in [-0.15, -0.1) is 0 Å². The van der Waals surface area contributed by atoms with E-state index in [9.17, 15) is 19.1 Å². The van der Waals surface area contributed by atoms with Crippen molar-refractivity contribution in [3.63, 3.8) is 0 Å². The number of imidazole rings is 1. The highest BCUT2D eigenvalue weighted by Crippen LogP contribution is 2.40. The minimum Gasteiger partial charge on any atom is -0.505 e. The molecule has 1 aromatic carbocycles. The fraction of sp³-hybridized carbons (Fsp3) is 0.292. The van der Waals surface area contributed by atoms with Crippen LogP contribution in [0.2, 0.25) is 0 Å². The first-order valence-corrected chi connectivity index (χ1v) is 10.4. The van der Waals surface area contributed by atoms with Crippen molar-refractivity contribution in [3.8, 4) is 0 Å². The van der Waals surface area contributed by atoms with Gasteiger partial charge in [0.1, 0.15) is 17.2 Å². The third-order valence-corrected chi connectivity index (χ3v) is 5.64. The Bertz CT molecular complexity index is 1230. The van der Waals surface area contributed by atoms with Gasteiger partial charge in [0.2, 0.25) is 0 Å². The van der Waals surface area contributed by atoms with Crippen molar-refractivity contribution in [2.24, 2.45) is 0 Å². The van der Waals surface area contributed by atoms with Gasteiger partial charge in [-0.2, -0.15) is 0 Å². The van der Waals surface area contributed by atoms with Crippen molar-refractivity contribution in [2.45, 2.75) is 19.4 Å². The molecular weight excluding hydrogens is 411 g/mol. The Balaban J connectivity index is 1.89. The Morgan fingerprint density at radius 2 is 1.97 bits per heavy atom. The molecule has 3 aromatic rings. The van der Waals surface area contributed by atoms with E-state index in [4.69, 9.17) is 0 Å². The fourth-order valence-corrected chi connectivity index (χ4v) is 4.22. The number of rotatable bonds is 6. The number of pyridine rings is 1. The number of aliphatic hydroxyl groups is 1. The summed E-state index contributed by atoms with van der Waals surface area (Å²) in [6, 6.07) is 10.3. The van der Waals surface area contributed by atoms with Crippen LogP contribution in [0.15, 0.2) is 54.2 Å². The molecule has 1 aliphatic heterocycles. The summed E-state index contributed by atoms with van der Waals surface area (Å²) in [5.41, 5.74) is 1.84. The van der Waals surface area contributed by atoms with Crippen LogP contribution in [0.1, 0.15) is 29.4 Å². The molecule has 7 nitrogen and oxygen atoms in total. The average molecular weight is 436 g/mol. The fourth-order valence-electron chi connectivity index (χ4n) is 4.22. The molecule has 2 aromatic heterocycles. The third kappa shape index (κ3) is 3.78. The largest absolute Gasteiger partial charge is 0.505 e. The minimum atomic E-state index is -0.887. The molecule has 1 amide bonds. The summed E-state index contributed by atoms with van der Waals surface area (Å²) in [6.07, 6.45) is 2.36. The Morgan fingerprint density at radius 1 is 1.19 bits per heavy atom. The summed E-state index contributed by atoms with van der Waals surface area (Å²) < 4.78 is 15.8. The summed E-state index contributed by atoms with van der Waals surface area (Å²) in [4.78, 5) is 34.0. The van der Waals surface area contributed by atoms with Crippen molar-refractivity contribution in [1.82, 2.24) is 19.2 Å². The molecule has 4 rings (SSSR count). The van der Waals surface area contributed by atoms with Crippen LogP contribution in [0, 0.1) is 12.7 Å². The normalized spacial score (nSPS) is 18.3. The molecule has 1 fully saturated rings. The van der Waals surface area contributed by atoms with Crippen LogP contribution in [0.4, 0.5) is 4.39 Å². The summed E-state index contributed by atoms with van der Waals surface area (Å²) in [5.74, 6) is -2.28. The molecule has 0 spiro atoms. The SMILES string of the molecule is Cc1nc2ccccn2c1C(O)=C1C(=O)C(=O)N(CCCN(C)C)[C@H]1c1cccc(F)c1. The molecule has 0 unspecified atom stereocenters. The molecule has 0 aliphatic carbocycles. The van der Waals surface area contributed by atoms with Crippen molar-refractivity contribution in [1.29, 1.82) is 0 Å². The molecular formula is C24H25FN4O3. The van der Waals surface area contributed by atoms with Gasteiger partial charge in [0.05, 0.1) is 17.3 Å². The Hall–Kier alpha value is -3.52. The number of likely N-dealkylation sites (tertiary alicyclic amines) is 1. The van der Waals surface area contributed by atoms with E-state index in [0.717, 1.165) is 0 Å². The topological polar surface area (TPSA) is 78.1 Å². The molecule has 166 valence electrons. The molecule has 1 atom stereocenters. The molecule has 3 heterocycles. The van der Waals surface area contributed by atoms with Gasteiger partial charge in [-0.05, 0) is 63.8 Å². The lowest BCUT2D eigenvalue weighted by atomic mass is 9.96. The predicted octanol–water partition coefficient (Wildman–Crippen LogP) is 3.16. The van der Waals surface area contributed by atoms with Crippen LogP contribution in [0.25, 0.3) is 11.4 Å². The Labute approximate surface area is 185 Å². The molecule has 0 radical (unpaired) electrons. The smallest absolute Gasteiger partial charge is 0.295 e. The van der Waals surface area contributed by atoms with Gasteiger partial charge in [0.25, 0.3) is 11.7 Å². The number of Topliss-reactive ketones (excluding diaryl/α,β-unsaturated/α-hetero) is 1. The lowest BCUT2D eigenvalue weighted by molar-refractivity contribution is -0.139. The summed E-state index contributed by atoms with van der Waals surface area (Å²) in [5, 5.41) is 11.3. The maximum atomic E-state index is 14.1. The number of fused-ring (bicyclic) bond motifs is 1. The summed E-state index contributed by atoms with van der Waals surface area (Å²) >= 11 is 0. The van der Waals surface area contributed by atoms with E-state index in [1.165, 1.54) is 23.1 Å². The second kappa shape index (κ2) is 8.55. The van der Waals surface area contributed by atoms with E-state index in [1.54, 1.807) is 35.7 Å². The maximum absolute atomic E-state index is 14.1.